The van der Waals surface area contributed by atoms with Gasteiger partial charge in [-0.05, 0) is 13.3 Å². The fraction of sp³-hybridized carbons (Fsp3) is 0.909. The van der Waals surface area contributed by atoms with Gasteiger partial charge in [-0.3, -0.25) is 4.79 Å². The molecule has 0 bridgehead atoms. The van der Waals surface area contributed by atoms with Gasteiger partial charge in [0.2, 0.25) is 0 Å². The standard InChI is InChI=1S/C22H43NO3.Na/c1-3-4-5-6-7-8-9-10-11-12-13-14-15-16-17-18-21(24)19-23-20(2)22(25)26;/h20,23H,3-19H2,1-2H3,(H,25,26);/q;+1/p-1/t20-;/m0./s1. The fourth-order valence-corrected chi connectivity index (χ4v) is 3.13. The minimum absolute atomic E-state index is 0. The van der Waals surface area contributed by atoms with Gasteiger partial charge in [0, 0.05) is 12.5 Å². The molecule has 0 aliphatic carbocycles. The molecule has 0 aromatic rings. The number of unbranched alkanes of at least 4 members (excludes halogenated alkanes) is 14. The summed E-state index contributed by atoms with van der Waals surface area (Å²) >= 11 is 0. The van der Waals surface area contributed by atoms with Gasteiger partial charge in [-0.2, -0.15) is 0 Å². The molecule has 0 fully saturated rings. The van der Waals surface area contributed by atoms with Crippen molar-refractivity contribution in [2.75, 3.05) is 6.54 Å². The van der Waals surface area contributed by atoms with Crippen molar-refractivity contribution < 1.29 is 44.3 Å². The summed E-state index contributed by atoms with van der Waals surface area (Å²) in [4.78, 5) is 22.2. The molecule has 0 saturated carbocycles. The van der Waals surface area contributed by atoms with E-state index in [0.717, 1.165) is 12.8 Å². The molecule has 0 rings (SSSR count). The van der Waals surface area contributed by atoms with Gasteiger partial charge in [0.15, 0.2) is 0 Å². The van der Waals surface area contributed by atoms with Crippen LogP contribution in [0.25, 0.3) is 0 Å². The Morgan fingerprint density at radius 1 is 0.741 bits per heavy atom. The Bertz CT molecular complexity index is 350. The third-order valence-corrected chi connectivity index (χ3v) is 5.02. The predicted octanol–water partition coefficient (Wildman–Crippen LogP) is 1.55. The van der Waals surface area contributed by atoms with Gasteiger partial charge < -0.3 is 15.2 Å². The van der Waals surface area contributed by atoms with Crippen LogP contribution in [-0.2, 0) is 9.59 Å². The van der Waals surface area contributed by atoms with E-state index in [1.54, 1.807) is 0 Å². The van der Waals surface area contributed by atoms with E-state index in [1.165, 1.54) is 90.4 Å². The van der Waals surface area contributed by atoms with Crippen LogP contribution in [0.2, 0.25) is 0 Å². The van der Waals surface area contributed by atoms with E-state index < -0.39 is 12.0 Å². The molecule has 27 heavy (non-hydrogen) atoms. The van der Waals surface area contributed by atoms with E-state index in [4.69, 9.17) is 0 Å². The fourth-order valence-electron chi connectivity index (χ4n) is 3.13. The molecule has 4 nitrogen and oxygen atoms in total. The molecule has 0 spiro atoms. The molecular weight excluding hydrogens is 349 g/mol. The molecule has 1 N–H and O–H groups in total. The monoisotopic (exact) mass is 391 g/mol. The maximum Gasteiger partial charge on any atom is 1.00 e. The van der Waals surface area contributed by atoms with E-state index in [-0.39, 0.29) is 41.9 Å². The predicted molar refractivity (Wildman–Crippen MR) is 107 cm³/mol. The summed E-state index contributed by atoms with van der Waals surface area (Å²) in [6.07, 6.45) is 20.2. The van der Waals surface area contributed by atoms with Crippen molar-refractivity contribution in [1.29, 1.82) is 0 Å². The summed E-state index contributed by atoms with van der Waals surface area (Å²) in [5.41, 5.74) is 0. The zero-order chi connectivity index (χ0) is 19.5. The Hall–Kier alpha value is 0.100. The average Bonchev–Trinajstić information content (AvgIpc) is 2.62. The van der Waals surface area contributed by atoms with Crippen molar-refractivity contribution in [3.63, 3.8) is 0 Å². The van der Waals surface area contributed by atoms with Gasteiger partial charge in [0.25, 0.3) is 0 Å². The summed E-state index contributed by atoms with van der Waals surface area (Å²) in [7, 11) is 0. The van der Waals surface area contributed by atoms with Crippen LogP contribution in [0.3, 0.4) is 0 Å². The molecular formula is C22H42NNaO3. The molecule has 0 saturated heterocycles. The Kier molecular flexibility index (Phi) is 24.3. The van der Waals surface area contributed by atoms with Crippen LogP contribution in [0, 0.1) is 0 Å². The van der Waals surface area contributed by atoms with E-state index in [2.05, 4.69) is 12.2 Å². The molecule has 154 valence electrons. The number of Topliss-reactive ketones (excluding diaryl/α,β-unsaturated/α-hetero) is 1. The molecule has 0 aromatic carbocycles. The smallest absolute Gasteiger partial charge is 0.548 e. The normalized spacial score (nSPS) is 11.8. The quantitative estimate of drug-likeness (QED) is 0.253. The van der Waals surface area contributed by atoms with Gasteiger partial charge in [-0.1, -0.05) is 96.8 Å². The van der Waals surface area contributed by atoms with Gasteiger partial charge in [0.05, 0.1) is 12.5 Å². The number of carbonyl (C=O) groups is 2. The Morgan fingerprint density at radius 3 is 1.48 bits per heavy atom. The number of hydrogen-bond donors (Lipinski definition) is 1. The number of carboxylic acid groups (broad SMARTS) is 1. The van der Waals surface area contributed by atoms with Gasteiger partial charge in [0.1, 0.15) is 5.78 Å². The van der Waals surface area contributed by atoms with E-state index in [0.29, 0.717) is 6.42 Å². The topological polar surface area (TPSA) is 69.2 Å². The average molecular weight is 392 g/mol. The molecule has 5 heteroatoms. The zero-order valence-corrected chi connectivity index (χ0v) is 20.3. The summed E-state index contributed by atoms with van der Waals surface area (Å²) in [6, 6.07) is -0.764. The minimum Gasteiger partial charge on any atom is -0.548 e. The SMILES string of the molecule is CCCCCCCCCCCCCCCCCC(=O)CN[C@@H](C)C(=O)[O-].[Na+]. The number of rotatable bonds is 20. The maximum absolute atomic E-state index is 11.6. The molecule has 0 amide bonds. The summed E-state index contributed by atoms with van der Waals surface area (Å²) in [6.45, 7) is 3.89. The van der Waals surface area contributed by atoms with Crippen molar-refractivity contribution in [3.8, 4) is 0 Å². The van der Waals surface area contributed by atoms with Crippen LogP contribution in [0.1, 0.15) is 117 Å². The van der Waals surface area contributed by atoms with E-state index in [9.17, 15) is 14.7 Å². The maximum atomic E-state index is 11.6. The van der Waals surface area contributed by atoms with Crippen molar-refractivity contribution in [2.45, 2.75) is 123 Å². The van der Waals surface area contributed by atoms with Crippen molar-refractivity contribution in [3.05, 3.63) is 0 Å². The molecule has 1 atom stereocenters. The van der Waals surface area contributed by atoms with Crippen molar-refractivity contribution in [2.24, 2.45) is 0 Å². The molecule has 0 heterocycles. The first-order chi connectivity index (χ1) is 12.6. The Morgan fingerprint density at radius 2 is 1.11 bits per heavy atom. The van der Waals surface area contributed by atoms with Crippen LogP contribution in [0.5, 0.6) is 0 Å². The van der Waals surface area contributed by atoms with Crippen LogP contribution in [0.4, 0.5) is 0 Å². The number of hydrogen-bond acceptors (Lipinski definition) is 4. The number of carbonyl (C=O) groups excluding carboxylic acids is 2. The summed E-state index contributed by atoms with van der Waals surface area (Å²) < 4.78 is 0. The first-order valence-electron chi connectivity index (χ1n) is 11.0. The van der Waals surface area contributed by atoms with Gasteiger partial charge in [-0.15, -0.1) is 0 Å². The van der Waals surface area contributed by atoms with Gasteiger partial charge in [-0.25, -0.2) is 0 Å². The van der Waals surface area contributed by atoms with Crippen molar-refractivity contribution >= 4 is 11.8 Å². The molecule has 0 aliphatic heterocycles. The van der Waals surface area contributed by atoms with Crippen LogP contribution >= 0.6 is 0 Å². The second kappa shape index (κ2) is 22.4. The first-order valence-corrected chi connectivity index (χ1v) is 11.0. The number of ketones is 1. The summed E-state index contributed by atoms with van der Waals surface area (Å²) in [5, 5.41) is 13.2. The third kappa shape index (κ3) is 22.3. The largest absolute Gasteiger partial charge is 1.00 e. The molecule has 0 radical (unpaired) electrons. The molecule has 0 unspecified atom stereocenters. The van der Waals surface area contributed by atoms with Crippen LogP contribution in [-0.4, -0.2) is 24.3 Å². The summed E-state index contributed by atoms with van der Waals surface area (Å²) in [5.74, 6) is -1.07. The number of nitrogens with one attached hydrogen (secondary N) is 1. The molecule has 0 aliphatic rings. The minimum atomic E-state index is -1.16. The Labute approximate surface area is 189 Å². The van der Waals surface area contributed by atoms with Crippen LogP contribution < -0.4 is 40.0 Å². The van der Waals surface area contributed by atoms with E-state index >= 15 is 0 Å². The number of aliphatic carboxylic acids is 1. The molecule has 0 aromatic heterocycles. The van der Waals surface area contributed by atoms with Crippen LogP contribution in [0.15, 0.2) is 0 Å². The van der Waals surface area contributed by atoms with E-state index in [1.807, 2.05) is 0 Å². The first kappa shape index (κ1) is 29.3. The van der Waals surface area contributed by atoms with Crippen molar-refractivity contribution in [1.82, 2.24) is 5.32 Å². The third-order valence-electron chi connectivity index (χ3n) is 5.02. The second-order valence-electron chi connectivity index (χ2n) is 7.66. The zero-order valence-electron chi connectivity index (χ0n) is 18.3. The number of carboxylic acids is 1. The Balaban J connectivity index is 0. The van der Waals surface area contributed by atoms with Gasteiger partial charge >= 0.3 is 29.6 Å². The second-order valence-corrected chi connectivity index (χ2v) is 7.66.